The number of sulfone groups is 1. The van der Waals surface area contributed by atoms with Crippen LogP contribution in [0.15, 0.2) is 62.5 Å². The Balaban J connectivity index is 2.18. The standard InChI is InChI=1S/C16H12O4S3/c1-21-16-14(9-13(22-16)15(17)18)23(19,20)12-7-6-10-4-2-3-5-11(10)8-12/h2-9H,1H3,(H,17,18). The van der Waals surface area contributed by atoms with Crippen molar-refractivity contribution in [2.24, 2.45) is 0 Å². The molecule has 1 heterocycles. The number of hydrogen-bond donors (Lipinski definition) is 1. The maximum Gasteiger partial charge on any atom is 0.345 e. The van der Waals surface area contributed by atoms with Gasteiger partial charge in [-0.25, -0.2) is 13.2 Å². The maximum atomic E-state index is 12.9. The molecule has 1 aromatic heterocycles. The van der Waals surface area contributed by atoms with Crippen molar-refractivity contribution in [1.82, 2.24) is 0 Å². The second-order valence-corrected chi connectivity index (χ2v) is 8.83. The molecular weight excluding hydrogens is 352 g/mol. The average molecular weight is 364 g/mol. The van der Waals surface area contributed by atoms with Crippen molar-refractivity contribution in [3.05, 3.63) is 53.4 Å². The quantitative estimate of drug-likeness (QED) is 0.704. The van der Waals surface area contributed by atoms with Gasteiger partial charge in [-0.3, -0.25) is 0 Å². The second kappa shape index (κ2) is 5.99. The van der Waals surface area contributed by atoms with Crippen LogP contribution in [0.1, 0.15) is 9.67 Å². The lowest BCUT2D eigenvalue weighted by molar-refractivity contribution is 0.0702. The third-order valence-electron chi connectivity index (χ3n) is 3.38. The molecule has 0 fully saturated rings. The van der Waals surface area contributed by atoms with Crippen molar-refractivity contribution in [1.29, 1.82) is 0 Å². The van der Waals surface area contributed by atoms with Crippen LogP contribution in [0.5, 0.6) is 0 Å². The lowest BCUT2D eigenvalue weighted by Crippen LogP contribution is -2.02. The molecule has 0 saturated heterocycles. The van der Waals surface area contributed by atoms with Crippen LogP contribution in [0.3, 0.4) is 0 Å². The zero-order valence-electron chi connectivity index (χ0n) is 12.0. The molecule has 3 rings (SSSR count). The highest BCUT2D eigenvalue weighted by Crippen LogP contribution is 2.37. The van der Waals surface area contributed by atoms with E-state index in [1.165, 1.54) is 17.8 Å². The molecule has 0 radical (unpaired) electrons. The van der Waals surface area contributed by atoms with Gasteiger partial charge in [0, 0.05) is 0 Å². The van der Waals surface area contributed by atoms with Crippen LogP contribution in [-0.2, 0) is 9.84 Å². The molecule has 0 aliphatic rings. The topological polar surface area (TPSA) is 71.4 Å². The summed E-state index contributed by atoms with van der Waals surface area (Å²) in [7, 11) is -3.76. The van der Waals surface area contributed by atoms with Crippen LogP contribution in [0.2, 0.25) is 0 Å². The zero-order valence-corrected chi connectivity index (χ0v) is 14.5. The number of hydrogen-bond acceptors (Lipinski definition) is 5. The lowest BCUT2D eigenvalue weighted by atomic mass is 10.1. The normalized spacial score (nSPS) is 11.7. The van der Waals surface area contributed by atoms with Crippen molar-refractivity contribution < 1.29 is 18.3 Å². The van der Waals surface area contributed by atoms with Gasteiger partial charge in [0.2, 0.25) is 9.84 Å². The summed E-state index contributed by atoms with van der Waals surface area (Å²) in [6, 6.07) is 13.7. The molecular formula is C16H12O4S3. The number of thioether (sulfide) groups is 1. The molecule has 0 saturated carbocycles. The fraction of sp³-hybridized carbons (Fsp3) is 0.0625. The summed E-state index contributed by atoms with van der Waals surface area (Å²) >= 11 is 2.21. The van der Waals surface area contributed by atoms with E-state index in [1.807, 2.05) is 24.3 Å². The summed E-state index contributed by atoms with van der Waals surface area (Å²) in [5, 5.41) is 10.9. The van der Waals surface area contributed by atoms with E-state index in [2.05, 4.69) is 0 Å². The van der Waals surface area contributed by atoms with Gasteiger partial charge < -0.3 is 5.11 Å². The van der Waals surface area contributed by atoms with Crippen molar-refractivity contribution in [3.8, 4) is 0 Å². The minimum Gasteiger partial charge on any atom is -0.477 e. The minimum absolute atomic E-state index is 0.0220. The predicted molar refractivity (Wildman–Crippen MR) is 92.5 cm³/mol. The second-order valence-electron chi connectivity index (χ2n) is 4.78. The summed E-state index contributed by atoms with van der Waals surface area (Å²) in [5.74, 6) is -1.12. The molecule has 0 amide bonds. The van der Waals surface area contributed by atoms with Gasteiger partial charge in [0.15, 0.2) is 0 Å². The van der Waals surface area contributed by atoms with Gasteiger partial charge in [-0.1, -0.05) is 30.3 Å². The van der Waals surface area contributed by atoms with E-state index < -0.39 is 15.8 Å². The first-order valence-corrected chi connectivity index (χ1v) is 10.1. The van der Waals surface area contributed by atoms with Gasteiger partial charge in [-0.15, -0.1) is 23.1 Å². The van der Waals surface area contributed by atoms with Crippen molar-refractivity contribution in [2.45, 2.75) is 14.0 Å². The molecule has 3 aromatic rings. The summed E-state index contributed by atoms with van der Waals surface area (Å²) in [4.78, 5) is 11.4. The largest absolute Gasteiger partial charge is 0.477 e. The summed E-state index contributed by atoms with van der Waals surface area (Å²) in [6.45, 7) is 0. The Hall–Kier alpha value is -1.83. The number of carboxylic acids is 1. The van der Waals surface area contributed by atoms with Crippen LogP contribution in [0, 0.1) is 0 Å². The van der Waals surface area contributed by atoms with E-state index in [-0.39, 0.29) is 14.7 Å². The first-order valence-electron chi connectivity index (χ1n) is 6.58. The van der Waals surface area contributed by atoms with Gasteiger partial charge in [-0.2, -0.15) is 0 Å². The number of carboxylic acid groups (broad SMARTS) is 1. The van der Waals surface area contributed by atoms with E-state index in [0.29, 0.717) is 4.21 Å². The van der Waals surface area contributed by atoms with Gasteiger partial charge in [0.05, 0.1) is 14.0 Å². The Kier molecular flexibility index (Phi) is 4.18. The molecule has 0 aliphatic carbocycles. The lowest BCUT2D eigenvalue weighted by Gasteiger charge is -2.06. The Labute approximate surface area is 141 Å². The summed E-state index contributed by atoms with van der Waals surface area (Å²) in [5.41, 5.74) is 0. The maximum absolute atomic E-state index is 12.9. The molecule has 1 N–H and O–H groups in total. The van der Waals surface area contributed by atoms with E-state index >= 15 is 0 Å². The van der Waals surface area contributed by atoms with Crippen molar-refractivity contribution in [3.63, 3.8) is 0 Å². The predicted octanol–water partition coefficient (Wildman–Crippen LogP) is 4.15. The van der Waals surface area contributed by atoms with Gasteiger partial charge >= 0.3 is 5.97 Å². The molecule has 0 unspecified atom stereocenters. The van der Waals surface area contributed by atoms with E-state index in [0.717, 1.165) is 22.1 Å². The molecule has 23 heavy (non-hydrogen) atoms. The van der Waals surface area contributed by atoms with Crippen LogP contribution < -0.4 is 0 Å². The molecule has 0 atom stereocenters. The van der Waals surface area contributed by atoms with Gasteiger partial charge in [-0.05, 0) is 35.2 Å². The monoisotopic (exact) mass is 364 g/mol. The van der Waals surface area contributed by atoms with Crippen molar-refractivity contribution >= 4 is 49.7 Å². The Bertz CT molecular complexity index is 1000. The molecule has 7 heteroatoms. The number of fused-ring (bicyclic) bond motifs is 1. The highest BCUT2D eigenvalue weighted by molar-refractivity contribution is 8.01. The fourth-order valence-corrected chi connectivity index (χ4v) is 6.12. The first-order chi connectivity index (χ1) is 10.9. The number of rotatable bonds is 4. The molecule has 2 aromatic carbocycles. The first kappa shape index (κ1) is 16.0. The Morgan fingerprint density at radius 1 is 1.09 bits per heavy atom. The summed E-state index contributed by atoms with van der Waals surface area (Å²) < 4.78 is 26.3. The summed E-state index contributed by atoms with van der Waals surface area (Å²) in [6.07, 6.45) is 1.73. The third kappa shape index (κ3) is 2.87. The fourth-order valence-electron chi connectivity index (χ4n) is 2.25. The Morgan fingerprint density at radius 2 is 1.78 bits per heavy atom. The highest BCUT2D eigenvalue weighted by atomic mass is 32.2. The van der Waals surface area contributed by atoms with Gasteiger partial charge in [0.25, 0.3) is 0 Å². The van der Waals surface area contributed by atoms with Gasteiger partial charge in [0.1, 0.15) is 4.88 Å². The number of benzene rings is 2. The Morgan fingerprint density at radius 3 is 2.43 bits per heavy atom. The van der Waals surface area contributed by atoms with Crippen molar-refractivity contribution in [2.75, 3.05) is 6.26 Å². The molecule has 0 spiro atoms. The number of aromatic carboxylic acids is 1. The van der Waals surface area contributed by atoms with Crippen LogP contribution in [0.25, 0.3) is 10.8 Å². The smallest absolute Gasteiger partial charge is 0.345 e. The molecule has 118 valence electrons. The molecule has 4 nitrogen and oxygen atoms in total. The number of thiophene rings is 1. The van der Waals surface area contributed by atoms with E-state index in [1.54, 1.807) is 24.5 Å². The zero-order chi connectivity index (χ0) is 16.6. The average Bonchev–Trinajstić information content (AvgIpc) is 3.00. The minimum atomic E-state index is -3.76. The number of carbonyl (C=O) groups is 1. The molecule has 0 aliphatic heterocycles. The van der Waals surface area contributed by atoms with Crippen LogP contribution >= 0.6 is 23.1 Å². The SMILES string of the molecule is CSc1sc(C(=O)O)cc1S(=O)(=O)c1ccc2ccccc2c1. The van der Waals surface area contributed by atoms with E-state index in [4.69, 9.17) is 5.11 Å². The van der Waals surface area contributed by atoms with E-state index in [9.17, 15) is 13.2 Å². The molecule has 0 bridgehead atoms. The third-order valence-corrected chi connectivity index (χ3v) is 7.68. The highest BCUT2D eigenvalue weighted by Gasteiger charge is 2.26. The van der Waals surface area contributed by atoms with Crippen LogP contribution in [0.4, 0.5) is 0 Å². The van der Waals surface area contributed by atoms with Crippen LogP contribution in [-0.4, -0.2) is 25.7 Å².